The van der Waals surface area contributed by atoms with Crippen molar-refractivity contribution >= 4 is 23.2 Å². The van der Waals surface area contributed by atoms with Crippen LogP contribution in [0, 0.1) is 12.3 Å². The molecule has 0 saturated heterocycles. The number of halogens is 2. The van der Waals surface area contributed by atoms with E-state index in [9.17, 15) is 0 Å². The van der Waals surface area contributed by atoms with E-state index in [0.717, 1.165) is 24.9 Å². The summed E-state index contributed by atoms with van der Waals surface area (Å²) >= 11 is 11.8. The van der Waals surface area contributed by atoms with Crippen LogP contribution in [0.2, 0.25) is 10.0 Å². The molecule has 0 saturated carbocycles. The average molecular weight is 256 g/mol. The van der Waals surface area contributed by atoms with E-state index in [4.69, 9.17) is 29.6 Å². The van der Waals surface area contributed by atoms with E-state index in [-0.39, 0.29) is 0 Å². The number of rotatable bonds is 5. The van der Waals surface area contributed by atoms with Crippen LogP contribution >= 0.6 is 23.2 Å². The molecule has 0 bridgehead atoms. The Balaban J connectivity index is 2.54. The molecule has 3 heteroatoms. The lowest BCUT2D eigenvalue weighted by Crippen LogP contribution is -2.27. The van der Waals surface area contributed by atoms with Gasteiger partial charge in [0.2, 0.25) is 0 Å². The van der Waals surface area contributed by atoms with Gasteiger partial charge in [-0.3, -0.25) is 0 Å². The highest BCUT2D eigenvalue weighted by molar-refractivity contribution is 6.42. The van der Waals surface area contributed by atoms with Crippen LogP contribution in [-0.2, 0) is 6.54 Å². The lowest BCUT2D eigenvalue weighted by molar-refractivity contribution is 0.507. The molecule has 0 spiro atoms. The first-order chi connectivity index (χ1) is 7.67. The van der Waals surface area contributed by atoms with Crippen molar-refractivity contribution in [1.82, 2.24) is 5.32 Å². The van der Waals surface area contributed by atoms with Crippen molar-refractivity contribution in [3.05, 3.63) is 33.8 Å². The van der Waals surface area contributed by atoms with Crippen LogP contribution in [0.4, 0.5) is 0 Å². The van der Waals surface area contributed by atoms with Gasteiger partial charge in [0.05, 0.1) is 10.0 Å². The summed E-state index contributed by atoms with van der Waals surface area (Å²) in [4.78, 5) is 0. The number of nitrogens with one attached hydrogen (secondary N) is 1. The third-order valence-electron chi connectivity index (χ3n) is 2.44. The molecule has 0 fully saturated rings. The summed E-state index contributed by atoms with van der Waals surface area (Å²) in [5.74, 6) is 2.67. The van der Waals surface area contributed by atoms with Gasteiger partial charge in [0, 0.05) is 19.0 Å². The SMILES string of the molecule is C#CCC(CC)NCc1ccc(Cl)c(Cl)c1. The number of hydrogen-bond donors (Lipinski definition) is 1. The van der Waals surface area contributed by atoms with Crippen molar-refractivity contribution in [2.24, 2.45) is 0 Å². The van der Waals surface area contributed by atoms with Crippen LogP contribution in [0.25, 0.3) is 0 Å². The third kappa shape index (κ3) is 4.06. The Morgan fingerprint density at radius 1 is 1.38 bits per heavy atom. The van der Waals surface area contributed by atoms with E-state index >= 15 is 0 Å². The van der Waals surface area contributed by atoms with Gasteiger partial charge in [0.1, 0.15) is 0 Å². The Kier molecular flexibility index (Phi) is 5.69. The fourth-order valence-corrected chi connectivity index (χ4v) is 1.74. The zero-order valence-electron chi connectivity index (χ0n) is 9.26. The first-order valence-electron chi connectivity index (χ1n) is 5.28. The van der Waals surface area contributed by atoms with E-state index < -0.39 is 0 Å². The van der Waals surface area contributed by atoms with Crippen molar-refractivity contribution in [2.45, 2.75) is 32.4 Å². The number of terminal acetylenes is 1. The van der Waals surface area contributed by atoms with Crippen molar-refractivity contribution in [3.63, 3.8) is 0 Å². The normalized spacial score (nSPS) is 12.1. The quantitative estimate of drug-likeness (QED) is 0.788. The molecule has 0 aliphatic rings. The second kappa shape index (κ2) is 6.81. The maximum absolute atomic E-state index is 5.93. The van der Waals surface area contributed by atoms with Gasteiger partial charge in [0.15, 0.2) is 0 Å². The maximum atomic E-state index is 5.93. The minimum absolute atomic E-state index is 0.361. The van der Waals surface area contributed by atoms with Gasteiger partial charge in [0.25, 0.3) is 0 Å². The van der Waals surface area contributed by atoms with Crippen molar-refractivity contribution in [2.75, 3.05) is 0 Å². The fourth-order valence-electron chi connectivity index (χ4n) is 1.41. The molecule has 1 N–H and O–H groups in total. The molecule has 0 aliphatic heterocycles. The summed E-state index contributed by atoms with van der Waals surface area (Å²) in [5, 5.41) is 4.56. The second-order valence-electron chi connectivity index (χ2n) is 3.64. The molecule has 1 aromatic carbocycles. The highest BCUT2D eigenvalue weighted by atomic mass is 35.5. The predicted molar refractivity (Wildman–Crippen MR) is 70.8 cm³/mol. The van der Waals surface area contributed by atoms with Gasteiger partial charge in [-0.25, -0.2) is 0 Å². The molecule has 0 amide bonds. The maximum Gasteiger partial charge on any atom is 0.0595 e. The summed E-state index contributed by atoms with van der Waals surface area (Å²) in [6.45, 7) is 2.88. The van der Waals surface area contributed by atoms with Crippen LogP contribution < -0.4 is 5.32 Å². The molecule has 0 heterocycles. The van der Waals surface area contributed by atoms with Gasteiger partial charge in [-0.05, 0) is 24.1 Å². The van der Waals surface area contributed by atoms with E-state index in [1.54, 1.807) is 0 Å². The summed E-state index contributed by atoms with van der Waals surface area (Å²) < 4.78 is 0. The molecule has 1 nitrogen and oxygen atoms in total. The zero-order valence-corrected chi connectivity index (χ0v) is 10.8. The van der Waals surface area contributed by atoms with E-state index in [1.165, 1.54) is 0 Å². The number of hydrogen-bond acceptors (Lipinski definition) is 1. The highest BCUT2D eigenvalue weighted by Crippen LogP contribution is 2.22. The first-order valence-corrected chi connectivity index (χ1v) is 6.03. The molecule has 0 aliphatic carbocycles. The lowest BCUT2D eigenvalue weighted by Gasteiger charge is -2.14. The summed E-state index contributed by atoms with van der Waals surface area (Å²) in [6.07, 6.45) is 7.06. The molecule has 0 radical (unpaired) electrons. The van der Waals surface area contributed by atoms with Gasteiger partial charge < -0.3 is 5.32 Å². The molecule has 1 aromatic rings. The molecule has 1 unspecified atom stereocenters. The van der Waals surface area contributed by atoms with Gasteiger partial charge in [-0.1, -0.05) is 36.2 Å². The van der Waals surface area contributed by atoms with E-state index in [2.05, 4.69) is 18.2 Å². The van der Waals surface area contributed by atoms with Gasteiger partial charge >= 0.3 is 0 Å². The second-order valence-corrected chi connectivity index (χ2v) is 4.46. The van der Waals surface area contributed by atoms with Crippen molar-refractivity contribution in [3.8, 4) is 12.3 Å². The van der Waals surface area contributed by atoms with Crippen LogP contribution in [0.5, 0.6) is 0 Å². The van der Waals surface area contributed by atoms with Crippen molar-refractivity contribution < 1.29 is 0 Å². The van der Waals surface area contributed by atoms with E-state index in [1.807, 2.05) is 18.2 Å². The van der Waals surface area contributed by atoms with Crippen molar-refractivity contribution in [1.29, 1.82) is 0 Å². The Morgan fingerprint density at radius 2 is 2.12 bits per heavy atom. The Morgan fingerprint density at radius 3 is 2.69 bits per heavy atom. The lowest BCUT2D eigenvalue weighted by atomic mass is 10.1. The number of benzene rings is 1. The summed E-state index contributed by atoms with van der Waals surface area (Å²) in [7, 11) is 0. The largest absolute Gasteiger partial charge is 0.309 e. The highest BCUT2D eigenvalue weighted by Gasteiger charge is 2.04. The van der Waals surface area contributed by atoms with Gasteiger partial charge in [-0.15, -0.1) is 12.3 Å². The smallest absolute Gasteiger partial charge is 0.0595 e. The molecule has 1 rings (SSSR count). The van der Waals surface area contributed by atoms with E-state index in [0.29, 0.717) is 16.1 Å². The van der Waals surface area contributed by atoms with Gasteiger partial charge in [-0.2, -0.15) is 0 Å². The summed E-state index contributed by atoms with van der Waals surface area (Å²) in [6, 6.07) is 6.01. The molecule has 86 valence electrons. The minimum atomic E-state index is 0.361. The van der Waals surface area contributed by atoms with Crippen LogP contribution in [0.3, 0.4) is 0 Å². The molecule has 16 heavy (non-hydrogen) atoms. The fraction of sp³-hybridized carbons (Fsp3) is 0.385. The first kappa shape index (κ1) is 13.4. The predicted octanol–water partition coefficient (Wildman–Crippen LogP) is 3.88. The molecule has 0 aromatic heterocycles. The standard InChI is InChI=1S/C13H15Cl2N/c1-3-5-11(4-2)16-9-10-6-7-12(14)13(15)8-10/h1,6-8,11,16H,4-5,9H2,2H3. The monoisotopic (exact) mass is 255 g/mol. The van der Waals surface area contributed by atoms with Crippen LogP contribution in [0.15, 0.2) is 18.2 Å². The van der Waals surface area contributed by atoms with Crippen LogP contribution in [0.1, 0.15) is 25.3 Å². The molecular formula is C13H15Cl2N. The molecular weight excluding hydrogens is 241 g/mol. The average Bonchev–Trinajstić information content (AvgIpc) is 2.28. The molecule has 1 atom stereocenters. The topological polar surface area (TPSA) is 12.0 Å². The van der Waals surface area contributed by atoms with Crippen LogP contribution in [-0.4, -0.2) is 6.04 Å². The Hall–Kier alpha value is -0.680. The Bertz CT molecular complexity index is 382. The Labute approximate surface area is 107 Å². The third-order valence-corrected chi connectivity index (χ3v) is 3.17. The zero-order chi connectivity index (χ0) is 12.0. The summed E-state index contributed by atoms with van der Waals surface area (Å²) in [5.41, 5.74) is 1.12. The minimum Gasteiger partial charge on any atom is -0.309 e.